The van der Waals surface area contributed by atoms with E-state index in [1.165, 1.54) is 79.5 Å². The van der Waals surface area contributed by atoms with E-state index in [1.54, 1.807) is 0 Å². The predicted octanol–water partition coefficient (Wildman–Crippen LogP) is 2.34. The molecule has 12 nitrogen and oxygen atoms in total. The Bertz CT molecular complexity index is 998. The summed E-state index contributed by atoms with van der Waals surface area (Å²) in [6.45, 7) is 1.51. The van der Waals surface area contributed by atoms with Crippen LogP contribution in [0.25, 0.3) is 0 Å². The average molecular weight is 496 g/mol. The van der Waals surface area contributed by atoms with Gasteiger partial charge in [0.25, 0.3) is 17.1 Å². The third-order valence-corrected chi connectivity index (χ3v) is 5.58. The molecule has 0 spiro atoms. The van der Waals surface area contributed by atoms with E-state index in [0.717, 1.165) is 0 Å². The van der Waals surface area contributed by atoms with Crippen molar-refractivity contribution in [3.05, 3.63) is 103 Å². The summed E-state index contributed by atoms with van der Waals surface area (Å²) >= 11 is 0. The number of benzene rings is 3. The molecule has 0 aliphatic heterocycles. The first-order chi connectivity index (χ1) is 15.1. The smallest absolute Gasteiger partial charge is 0.538 e. The molecular weight excluding hydrogens is 481 g/mol. The maximum atomic E-state index is 10.9. The molecule has 0 unspecified atom stereocenters. The fourth-order valence-corrected chi connectivity index (χ4v) is 4.14. The molecule has 0 saturated carbocycles. The minimum Gasteiger partial charge on any atom is -1.00 e. The van der Waals surface area contributed by atoms with E-state index in [-0.39, 0.29) is 46.7 Å². The van der Waals surface area contributed by atoms with Crippen LogP contribution in [0.4, 0.5) is 17.1 Å². The highest BCUT2D eigenvalue weighted by atomic mass is 35.5. The number of hydrogen-bond donors (Lipinski definition) is 0. The average Bonchev–Trinajstić information content (AvgIpc) is 2.74. The van der Waals surface area contributed by atoms with Crippen LogP contribution in [-0.4, -0.2) is 21.4 Å². The fourth-order valence-electron chi connectivity index (χ4n) is 2.52. The number of nitro groups is 3. The molecule has 0 saturated heterocycles. The van der Waals surface area contributed by atoms with Gasteiger partial charge in [0.1, 0.15) is 0 Å². The van der Waals surface area contributed by atoms with E-state index in [9.17, 15) is 30.3 Å². The third-order valence-electron chi connectivity index (χ3n) is 3.96. The van der Waals surface area contributed by atoms with Crippen molar-refractivity contribution in [1.29, 1.82) is 0 Å². The molecule has 172 valence electrons. The first-order valence-electron chi connectivity index (χ1n) is 8.84. The first-order valence-corrected chi connectivity index (χ1v) is 10.8. The molecule has 0 amide bonds. The second kappa shape index (κ2) is 10.5. The molecule has 0 aliphatic carbocycles. The molecule has 3 aromatic rings. The molecule has 0 aliphatic rings. The van der Waals surface area contributed by atoms with Gasteiger partial charge < -0.3 is 12.4 Å². The van der Waals surface area contributed by atoms with Gasteiger partial charge in [0.2, 0.25) is 0 Å². The second-order valence-electron chi connectivity index (χ2n) is 6.30. The highest BCUT2D eigenvalue weighted by Crippen LogP contribution is 2.57. The van der Waals surface area contributed by atoms with Gasteiger partial charge in [-0.15, -0.1) is 0 Å². The zero-order chi connectivity index (χ0) is 23.3. The van der Waals surface area contributed by atoms with Crippen molar-refractivity contribution < 1.29 is 40.7 Å². The summed E-state index contributed by atoms with van der Waals surface area (Å²) < 4.78 is 17.6. The van der Waals surface area contributed by atoms with Gasteiger partial charge >= 0.3 is 7.94 Å². The van der Waals surface area contributed by atoms with E-state index in [2.05, 4.69) is 0 Å². The summed E-state index contributed by atoms with van der Waals surface area (Å²) in [5, 5.41) is 32.6. The number of halogens is 1. The van der Waals surface area contributed by atoms with Gasteiger partial charge in [0.15, 0.2) is 23.9 Å². The first kappa shape index (κ1) is 25.2. The standard InChI is InChI=1S/C19H15N3O9P.ClH/c1-32(29-17-8-2-14(3-9-17)20(23)24,30-18-10-4-15(5-11-18)21(25)26)31-19-12-6-16(7-13-19)22(27)28;/h2-13H,1H3;1H/q+1;/p-1. The van der Waals surface area contributed by atoms with E-state index in [0.29, 0.717) is 0 Å². The Morgan fingerprint density at radius 3 is 0.939 bits per heavy atom. The maximum Gasteiger partial charge on any atom is 0.538 e. The number of hydrogen-bond acceptors (Lipinski definition) is 9. The predicted molar refractivity (Wildman–Crippen MR) is 114 cm³/mol. The van der Waals surface area contributed by atoms with E-state index < -0.39 is 22.7 Å². The van der Waals surface area contributed by atoms with E-state index >= 15 is 0 Å². The number of nitrogens with zero attached hydrogens (tertiary/aromatic N) is 3. The molecule has 0 fully saturated rings. The van der Waals surface area contributed by atoms with Gasteiger partial charge in [-0.2, -0.15) is 0 Å². The van der Waals surface area contributed by atoms with Gasteiger partial charge in [-0.25, -0.2) is 0 Å². The molecule has 0 radical (unpaired) electrons. The zero-order valence-electron chi connectivity index (χ0n) is 16.8. The van der Waals surface area contributed by atoms with E-state index in [4.69, 9.17) is 13.6 Å². The van der Waals surface area contributed by atoms with Crippen molar-refractivity contribution in [2.24, 2.45) is 0 Å². The number of nitro benzene ring substituents is 3. The van der Waals surface area contributed by atoms with Crippen molar-refractivity contribution >= 4 is 25.0 Å². The monoisotopic (exact) mass is 495 g/mol. The lowest BCUT2D eigenvalue weighted by Crippen LogP contribution is -3.00. The molecule has 0 bridgehead atoms. The summed E-state index contributed by atoms with van der Waals surface area (Å²) in [4.78, 5) is 30.9. The van der Waals surface area contributed by atoms with Gasteiger partial charge in [-0.1, -0.05) is 0 Å². The molecule has 0 N–H and O–H groups in total. The van der Waals surface area contributed by atoms with Gasteiger partial charge in [-0.3, -0.25) is 43.9 Å². The number of rotatable bonds is 9. The highest BCUT2D eigenvalue weighted by Gasteiger charge is 2.44. The van der Waals surface area contributed by atoms with Crippen LogP contribution >= 0.6 is 7.94 Å². The Labute approximate surface area is 193 Å². The van der Waals surface area contributed by atoms with Gasteiger partial charge in [0, 0.05) is 36.4 Å². The molecular formula is C19H15ClN3O9P. The molecule has 3 aromatic carbocycles. The Kier molecular flexibility index (Phi) is 8.05. The maximum absolute atomic E-state index is 10.9. The third kappa shape index (κ3) is 6.73. The molecule has 0 aromatic heterocycles. The number of non-ortho nitro benzene ring substituents is 3. The fraction of sp³-hybridized carbons (Fsp3) is 0.0526. The second-order valence-corrected chi connectivity index (χ2v) is 8.39. The van der Waals surface area contributed by atoms with Crippen molar-refractivity contribution in [2.45, 2.75) is 0 Å². The molecule has 0 heterocycles. The minimum atomic E-state index is -3.26. The lowest BCUT2D eigenvalue weighted by Gasteiger charge is -2.19. The Balaban J connectivity index is 0.00000385. The molecule has 3 rings (SSSR count). The summed E-state index contributed by atoms with van der Waals surface area (Å²) in [6, 6.07) is 15.7. The van der Waals surface area contributed by atoms with Crippen LogP contribution in [-0.2, 0) is 0 Å². The van der Waals surface area contributed by atoms with Crippen molar-refractivity contribution in [3.63, 3.8) is 0 Å². The van der Waals surface area contributed by atoms with Gasteiger partial charge in [0.05, 0.1) is 14.8 Å². The van der Waals surface area contributed by atoms with Crippen molar-refractivity contribution in [3.8, 4) is 17.2 Å². The Morgan fingerprint density at radius 2 is 0.758 bits per heavy atom. The van der Waals surface area contributed by atoms with Crippen LogP contribution in [0.3, 0.4) is 0 Å². The summed E-state index contributed by atoms with van der Waals surface area (Å²) in [5.74, 6) is 0.653. The molecule has 14 heteroatoms. The lowest BCUT2D eigenvalue weighted by molar-refractivity contribution is -0.385. The zero-order valence-corrected chi connectivity index (χ0v) is 18.4. The van der Waals surface area contributed by atoms with Crippen LogP contribution in [0, 0.1) is 30.3 Å². The topological polar surface area (TPSA) is 157 Å². The van der Waals surface area contributed by atoms with Crippen LogP contribution < -0.4 is 26.0 Å². The summed E-state index contributed by atoms with van der Waals surface area (Å²) in [5.41, 5.74) is -0.403. The van der Waals surface area contributed by atoms with Crippen molar-refractivity contribution in [2.75, 3.05) is 6.66 Å². The minimum absolute atomic E-state index is 0. The lowest BCUT2D eigenvalue weighted by atomic mass is 10.3. The Morgan fingerprint density at radius 1 is 0.545 bits per heavy atom. The van der Waals surface area contributed by atoms with Crippen molar-refractivity contribution in [1.82, 2.24) is 0 Å². The summed E-state index contributed by atoms with van der Waals surface area (Å²) in [7, 11) is -3.26. The summed E-state index contributed by atoms with van der Waals surface area (Å²) in [6.07, 6.45) is 0. The van der Waals surface area contributed by atoms with E-state index in [1.807, 2.05) is 0 Å². The highest BCUT2D eigenvalue weighted by molar-refractivity contribution is 7.62. The van der Waals surface area contributed by atoms with Crippen LogP contribution in [0.5, 0.6) is 17.2 Å². The normalized spacial score (nSPS) is 10.5. The van der Waals surface area contributed by atoms with Gasteiger partial charge in [-0.05, 0) is 36.4 Å². The molecule has 33 heavy (non-hydrogen) atoms. The molecule has 0 atom stereocenters. The SMILES string of the molecule is C[P+](Oc1ccc([N+](=O)[O-])cc1)(Oc1ccc([N+](=O)[O-])cc1)Oc1ccc([N+](=O)[O-])cc1.[Cl-]. The van der Waals surface area contributed by atoms with Crippen LogP contribution in [0.1, 0.15) is 0 Å². The van der Waals surface area contributed by atoms with Crippen LogP contribution in [0.2, 0.25) is 0 Å². The quantitative estimate of drug-likeness (QED) is 0.247. The largest absolute Gasteiger partial charge is 1.00 e. The Hall–Kier alpha value is -4.02. The van der Waals surface area contributed by atoms with Crippen LogP contribution in [0.15, 0.2) is 72.8 Å².